The zero-order chi connectivity index (χ0) is 15.2. The van der Waals surface area contributed by atoms with E-state index in [0.717, 1.165) is 22.7 Å². The highest BCUT2D eigenvalue weighted by atomic mass is 32.1. The number of nitrogens with zero attached hydrogens (tertiary/aromatic N) is 2. The largest absolute Gasteiger partial charge is 0.332 e. The molecule has 6 heteroatoms. The summed E-state index contributed by atoms with van der Waals surface area (Å²) in [6.07, 6.45) is 4.25. The summed E-state index contributed by atoms with van der Waals surface area (Å²) in [6, 6.07) is 3.50. The van der Waals surface area contributed by atoms with Gasteiger partial charge in [0.25, 0.3) is 0 Å². The first kappa shape index (κ1) is 15.4. The van der Waals surface area contributed by atoms with Gasteiger partial charge >= 0.3 is 6.03 Å². The van der Waals surface area contributed by atoms with E-state index < -0.39 is 0 Å². The van der Waals surface area contributed by atoms with E-state index in [-0.39, 0.29) is 18.1 Å². The smallest absolute Gasteiger partial charge is 0.315 e. The van der Waals surface area contributed by atoms with Crippen LogP contribution in [0.25, 0.3) is 0 Å². The summed E-state index contributed by atoms with van der Waals surface area (Å²) in [4.78, 5) is 20.5. The van der Waals surface area contributed by atoms with E-state index in [2.05, 4.69) is 20.6 Å². The third kappa shape index (κ3) is 4.26. The maximum Gasteiger partial charge on any atom is 0.315 e. The van der Waals surface area contributed by atoms with Gasteiger partial charge in [-0.25, -0.2) is 9.78 Å². The second-order valence-electron chi connectivity index (χ2n) is 4.91. The van der Waals surface area contributed by atoms with E-state index in [0.29, 0.717) is 0 Å². The number of nitrogens with one attached hydrogen (secondary N) is 2. The van der Waals surface area contributed by atoms with Crippen molar-refractivity contribution in [2.75, 3.05) is 0 Å². The van der Waals surface area contributed by atoms with Crippen molar-refractivity contribution >= 4 is 17.4 Å². The fourth-order valence-electron chi connectivity index (χ4n) is 2.00. The molecule has 0 spiro atoms. The molecule has 2 atom stereocenters. The molecule has 2 amide bonds. The van der Waals surface area contributed by atoms with Gasteiger partial charge in [0, 0.05) is 23.5 Å². The summed E-state index contributed by atoms with van der Waals surface area (Å²) in [5.41, 5.74) is 2.01. The molecule has 0 saturated carbocycles. The van der Waals surface area contributed by atoms with Gasteiger partial charge in [0.15, 0.2) is 0 Å². The molecule has 112 valence electrons. The Morgan fingerprint density at radius 1 is 1.33 bits per heavy atom. The predicted octanol–water partition coefficient (Wildman–Crippen LogP) is 3.36. The molecule has 0 aliphatic rings. The highest BCUT2D eigenvalue weighted by Crippen LogP contribution is 2.20. The van der Waals surface area contributed by atoms with Crippen LogP contribution in [0.4, 0.5) is 4.79 Å². The number of carbonyl (C=O) groups is 1. The molecule has 2 heterocycles. The first-order chi connectivity index (χ1) is 10.1. The van der Waals surface area contributed by atoms with Crippen molar-refractivity contribution in [1.82, 2.24) is 20.6 Å². The topological polar surface area (TPSA) is 66.9 Å². The Hall–Kier alpha value is -1.95. The van der Waals surface area contributed by atoms with Crippen LogP contribution in [0.2, 0.25) is 0 Å². The number of hydrogen-bond donors (Lipinski definition) is 2. The van der Waals surface area contributed by atoms with Gasteiger partial charge < -0.3 is 10.6 Å². The Morgan fingerprint density at radius 3 is 2.62 bits per heavy atom. The van der Waals surface area contributed by atoms with Crippen LogP contribution >= 0.6 is 11.3 Å². The molecule has 21 heavy (non-hydrogen) atoms. The second kappa shape index (κ2) is 7.17. The normalized spacial score (nSPS) is 13.5. The Kier molecular flexibility index (Phi) is 5.27. The van der Waals surface area contributed by atoms with Crippen LogP contribution in [0, 0.1) is 6.92 Å². The Bertz CT molecular complexity index is 584. The number of urea groups is 1. The molecule has 0 unspecified atom stereocenters. The van der Waals surface area contributed by atoms with Crippen LogP contribution in [0.5, 0.6) is 0 Å². The Labute approximate surface area is 128 Å². The average molecular weight is 304 g/mol. The molecule has 2 rings (SSSR count). The lowest BCUT2D eigenvalue weighted by atomic mass is 10.1. The van der Waals surface area contributed by atoms with E-state index in [1.807, 2.05) is 38.3 Å². The summed E-state index contributed by atoms with van der Waals surface area (Å²) in [5, 5.41) is 8.86. The summed E-state index contributed by atoms with van der Waals surface area (Å²) in [6.45, 7) is 5.94. The van der Waals surface area contributed by atoms with Crippen molar-refractivity contribution in [2.24, 2.45) is 0 Å². The van der Waals surface area contributed by atoms with Gasteiger partial charge in [0.05, 0.1) is 12.1 Å². The third-order valence-corrected chi connectivity index (χ3v) is 4.28. The van der Waals surface area contributed by atoms with E-state index in [1.54, 1.807) is 23.7 Å². The summed E-state index contributed by atoms with van der Waals surface area (Å²) in [5.74, 6) is 0. The van der Waals surface area contributed by atoms with E-state index in [9.17, 15) is 4.79 Å². The van der Waals surface area contributed by atoms with Crippen molar-refractivity contribution in [2.45, 2.75) is 39.3 Å². The SMILES string of the molecule is CC[C@@H](NC(=O)N[C@H](C)c1ccncc1)c1nc(C)cs1. The van der Waals surface area contributed by atoms with E-state index in [4.69, 9.17) is 0 Å². The fraction of sp³-hybridized carbons (Fsp3) is 0.400. The molecule has 0 saturated heterocycles. The molecule has 5 nitrogen and oxygen atoms in total. The van der Waals surface area contributed by atoms with Gasteiger partial charge in [-0.15, -0.1) is 11.3 Å². The first-order valence-electron chi connectivity index (χ1n) is 6.99. The molecule has 2 aromatic rings. The number of pyridine rings is 1. The van der Waals surface area contributed by atoms with Gasteiger partial charge in [0.2, 0.25) is 0 Å². The third-order valence-electron chi connectivity index (χ3n) is 3.20. The second-order valence-corrected chi connectivity index (χ2v) is 5.80. The molecule has 0 aromatic carbocycles. The average Bonchev–Trinajstić information content (AvgIpc) is 2.92. The molecule has 0 bridgehead atoms. The number of hydrogen-bond acceptors (Lipinski definition) is 4. The highest BCUT2D eigenvalue weighted by molar-refractivity contribution is 7.09. The summed E-state index contributed by atoms with van der Waals surface area (Å²) >= 11 is 1.58. The highest BCUT2D eigenvalue weighted by Gasteiger charge is 2.17. The lowest BCUT2D eigenvalue weighted by Crippen LogP contribution is -2.39. The molecular formula is C15H20N4OS. The first-order valence-corrected chi connectivity index (χ1v) is 7.87. The number of aromatic nitrogens is 2. The molecule has 0 aliphatic carbocycles. The minimum Gasteiger partial charge on any atom is -0.332 e. The maximum absolute atomic E-state index is 12.1. The molecular weight excluding hydrogens is 284 g/mol. The zero-order valence-electron chi connectivity index (χ0n) is 12.5. The number of carbonyl (C=O) groups excluding carboxylic acids is 1. The van der Waals surface area contributed by atoms with Crippen LogP contribution in [-0.2, 0) is 0 Å². The van der Waals surface area contributed by atoms with E-state index in [1.165, 1.54) is 0 Å². The molecule has 0 aliphatic heterocycles. The predicted molar refractivity (Wildman–Crippen MR) is 84.2 cm³/mol. The van der Waals surface area contributed by atoms with Crippen LogP contribution in [-0.4, -0.2) is 16.0 Å². The van der Waals surface area contributed by atoms with Crippen molar-refractivity contribution < 1.29 is 4.79 Å². The minimum atomic E-state index is -0.181. The van der Waals surface area contributed by atoms with Crippen LogP contribution in [0.3, 0.4) is 0 Å². The Morgan fingerprint density at radius 2 is 2.05 bits per heavy atom. The van der Waals surface area contributed by atoms with Gasteiger partial charge in [-0.2, -0.15) is 0 Å². The van der Waals surface area contributed by atoms with Crippen molar-refractivity contribution in [1.29, 1.82) is 0 Å². The van der Waals surface area contributed by atoms with Crippen LogP contribution in [0.15, 0.2) is 29.9 Å². The summed E-state index contributed by atoms with van der Waals surface area (Å²) < 4.78 is 0. The van der Waals surface area contributed by atoms with Crippen molar-refractivity contribution in [3.05, 3.63) is 46.2 Å². The minimum absolute atomic E-state index is 0.0478. The number of thiazole rings is 1. The molecule has 0 fully saturated rings. The Balaban J connectivity index is 1.94. The lowest BCUT2D eigenvalue weighted by Gasteiger charge is -2.18. The van der Waals surface area contributed by atoms with Crippen molar-refractivity contribution in [3.8, 4) is 0 Å². The van der Waals surface area contributed by atoms with E-state index >= 15 is 0 Å². The van der Waals surface area contributed by atoms with Crippen LogP contribution < -0.4 is 10.6 Å². The quantitative estimate of drug-likeness (QED) is 0.890. The van der Waals surface area contributed by atoms with Crippen molar-refractivity contribution in [3.63, 3.8) is 0 Å². The fourth-order valence-corrected chi connectivity index (χ4v) is 2.93. The standard InChI is InChI=1S/C15H20N4OS/c1-4-13(14-17-10(2)9-21-14)19-15(20)18-11(3)12-5-7-16-8-6-12/h5-9,11,13H,4H2,1-3H3,(H2,18,19,20)/t11-,13-/m1/s1. The number of amides is 2. The van der Waals surface area contributed by atoms with Gasteiger partial charge in [0.1, 0.15) is 5.01 Å². The van der Waals surface area contributed by atoms with Gasteiger partial charge in [-0.05, 0) is 38.0 Å². The lowest BCUT2D eigenvalue weighted by molar-refractivity contribution is 0.233. The molecule has 2 N–H and O–H groups in total. The number of aryl methyl sites for hydroxylation is 1. The number of rotatable bonds is 5. The van der Waals surface area contributed by atoms with Gasteiger partial charge in [-0.1, -0.05) is 6.92 Å². The van der Waals surface area contributed by atoms with Gasteiger partial charge in [-0.3, -0.25) is 4.98 Å². The maximum atomic E-state index is 12.1. The molecule has 2 aromatic heterocycles. The zero-order valence-corrected chi connectivity index (χ0v) is 13.3. The monoisotopic (exact) mass is 304 g/mol. The molecule has 0 radical (unpaired) electrons. The summed E-state index contributed by atoms with van der Waals surface area (Å²) in [7, 11) is 0. The van der Waals surface area contributed by atoms with Crippen LogP contribution in [0.1, 0.15) is 48.6 Å².